The minimum atomic E-state index is -1.90. The van der Waals surface area contributed by atoms with Gasteiger partial charge in [-0.3, -0.25) is 24.3 Å². The average molecular weight is 572 g/mol. The SMILES string of the molecule is CC1CN(CCN)C(=O)C(=O)N1C(=O)NC(C(=O)NC1Cc2cccc(C(=O)O)c2OB1O)c1ncc(O)cc1F. The van der Waals surface area contributed by atoms with Gasteiger partial charge in [-0.2, -0.15) is 0 Å². The fraction of sp³-hybridized carbons (Fsp3) is 0.333. The number of carbonyl (C=O) groups is 5. The van der Waals surface area contributed by atoms with Crippen molar-refractivity contribution in [2.45, 2.75) is 31.4 Å². The standard InChI is InChI=1S/C24H26BFN6O9/c1-11-10-31(6-5-27)21(35)22(36)32(11)24(39)30-18(17-15(26)8-13(33)9-28-17)20(34)29-16-7-12-3-2-4-14(23(37)38)19(12)41-25(16)40/h2-4,8-9,11,16,18,33,40H,5-7,10,27H2,1H3,(H,29,34)(H,30,39)(H,37,38). The number of hydrogen-bond acceptors (Lipinski definition) is 10. The monoisotopic (exact) mass is 572 g/mol. The number of carboxylic acids is 1. The molecule has 1 fully saturated rings. The number of nitrogens with one attached hydrogen (secondary N) is 2. The summed E-state index contributed by atoms with van der Waals surface area (Å²) in [6, 6.07) is 0.978. The summed E-state index contributed by atoms with van der Waals surface area (Å²) in [5, 5.41) is 34.1. The maximum Gasteiger partial charge on any atom is 0.547 e. The highest BCUT2D eigenvalue weighted by Crippen LogP contribution is 2.30. The van der Waals surface area contributed by atoms with Crippen LogP contribution in [0.25, 0.3) is 0 Å². The van der Waals surface area contributed by atoms with Gasteiger partial charge in [0.15, 0.2) is 11.9 Å². The Bertz CT molecular complexity index is 1410. The number of benzene rings is 1. The first kappa shape index (κ1) is 29.2. The molecule has 1 saturated heterocycles. The zero-order valence-corrected chi connectivity index (χ0v) is 21.6. The van der Waals surface area contributed by atoms with E-state index in [-0.39, 0.29) is 37.4 Å². The second kappa shape index (κ2) is 11.8. The number of carboxylic acid groups (broad SMARTS) is 1. The lowest BCUT2D eigenvalue weighted by molar-refractivity contribution is -0.155. The summed E-state index contributed by atoms with van der Waals surface area (Å²) in [6.07, 6.45) is 0.735. The van der Waals surface area contributed by atoms with Crippen molar-refractivity contribution < 1.29 is 48.3 Å². The van der Waals surface area contributed by atoms with Gasteiger partial charge in [-0.25, -0.2) is 14.0 Å². The summed E-state index contributed by atoms with van der Waals surface area (Å²) < 4.78 is 20.2. The van der Waals surface area contributed by atoms with Crippen LogP contribution >= 0.6 is 0 Å². The number of nitrogens with two attached hydrogens (primary N) is 1. The number of aromatic carboxylic acids is 1. The smallest absolute Gasteiger partial charge is 0.534 e. The van der Waals surface area contributed by atoms with Crippen molar-refractivity contribution in [3.05, 3.63) is 53.1 Å². The number of carbonyl (C=O) groups excluding carboxylic acids is 4. The number of urea groups is 1. The van der Waals surface area contributed by atoms with Gasteiger partial charge >= 0.3 is 30.9 Å². The lowest BCUT2D eigenvalue weighted by Gasteiger charge is -2.38. The molecule has 3 atom stereocenters. The summed E-state index contributed by atoms with van der Waals surface area (Å²) in [7, 11) is -1.73. The fourth-order valence-electron chi connectivity index (χ4n) is 4.65. The van der Waals surface area contributed by atoms with Crippen LogP contribution in [-0.4, -0.2) is 98.5 Å². The number of para-hydroxylation sites is 1. The van der Waals surface area contributed by atoms with Crippen molar-refractivity contribution in [3.8, 4) is 11.5 Å². The van der Waals surface area contributed by atoms with E-state index in [2.05, 4.69) is 15.6 Å². The minimum absolute atomic E-state index is 0.0266. The number of fused-ring (bicyclic) bond motifs is 1. The molecule has 0 spiro atoms. The van der Waals surface area contributed by atoms with Gasteiger partial charge in [-0.1, -0.05) is 12.1 Å². The van der Waals surface area contributed by atoms with E-state index in [4.69, 9.17) is 10.4 Å². The van der Waals surface area contributed by atoms with E-state index >= 15 is 0 Å². The summed E-state index contributed by atoms with van der Waals surface area (Å²) in [4.78, 5) is 68.8. The summed E-state index contributed by atoms with van der Waals surface area (Å²) in [6.45, 7) is 1.63. The third-order valence-electron chi connectivity index (χ3n) is 6.57. The van der Waals surface area contributed by atoms with E-state index in [0.717, 1.165) is 6.20 Å². The van der Waals surface area contributed by atoms with Crippen LogP contribution in [0.1, 0.15) is 34.6 Å². The van der Waals surface area contributed by atoms with Gasteiger partial charge in [0.05, 0.1) is 23.7 Å². The lowest BCUT2D eigenvalue weighted by Crippen LogP contribution is -2.63. The third-order valence-corrected chi connectivity index (χ3v) is 6.57. The number of rotatable bonds is 7. The van der Waals surface area contributed by atoms with Gasteiger partial charge in [-0.05, 0) is 25.0 Å². The Morgan fingerprint density at radius 1 is 1.29 bits per heavy atom. The van der Waals surface area contributed by atoms with Gasteiger partial charge in [0.1, 0.15) is 17.2 Å². The maximum absolute atomic E-state index is 14.8. The normalized spacial score (nSPS) is 19.3. The topological polar surface area (TPSA) is 225 Å². The molecule has 3 unspecified atom stereocenters. The summed E-state index contributed by atoms with van der Waals surface area (Å²) >= 11 is 0. The quantitative estimate of drug-likeness (QED) is 0.166. The number of hydrogen-bond donors (Lipinski definition) is 6. The van der Waals surface area contributed by atoms with E-state index < -0.39 is 72.1 Å². The number of pyridine rings is 1. The third kappa shape index (κ3) is 5.90. The number of aromatic hydroxyl groups is 1. The summed E-state index contributed by atoms with van der Waals surface area (Å²) in [5.41, 5.74) is 4.98. The first-order chi connectivity index (χ1) is 19.4. The van der Waals surface area contributed by atoms with Crippen molar-refractivity contribution in [1.82, 2.24) is 25.4 Å². The molecular formula is C24H26BFN6O9. The number of amides is 5. The van der Waals surface area contributed by atoms with E-state index in [1.165, 1.54) is 30.0 Å². The molecule has 41 heavy (non-hydrogen) atoms. The first-order valence-corrected chi connectivity index (χ1v) is 12.4. The molecule has 0 radical (unpaired) electrons. The number of imide groups is 1. The predicted octanol–water partition coefficient (Wildman–Crippen LogP) is -1.47. The molecule has 2 aliphatic heterocycles. The Kier molecular flexibility index (Phi) is 8.39. The van der Waals surface area contributed by atoms with Crippen LogP contribution in [0.5, 0.6) is 11.5 Å². The van der Waals surface area contributed by atoms with Gasteiger partial charge in [0, 0.05) is 25.7 Å². The molecule has 15 nitrogen and oxygen atoms in total. The van der Waals surface area contributed by atoms with Gasteiger partial charge in [0.25, 0.3) is 0 Å². The minimum Gasteiger partial charge on any atom is -0.534 e. The van der Waals surface area contributed by atoms with Crippen LogP contribution < -0.4 is 21.0 Å². The second-order valence-electron chi connectivity index (χ2n) is 9.43. The Morgan fingerprint density at radius 3 is 2.68 bits per heavy atom. The average Bonchev–Trinajstić information content (AvgIpc) is 2.90. The summed E-state index contributed by atoms with van der Waals surface area (Å²) in [5.74, 6) is -7.56. The predicted molar refractivity (Wildman–Crippen MR) is 137 cm³/mol. The molecule has 0 bridgehead atoms. The molecule has 5 amide bonds. The Hall–Kier alpha value is -4.77. The molecule has 0 saturated carbocycles. The van der Waals surface area contributed by atoms with Crippen LogP contribution in [0.3, 0.4) is 0 Å². The molecule has 0 aliphatic carbocycles. The number of piperazine rings is 1. The molecule has 7 N–H and O–H groups in total. The van der Waals surface area contributed by atoms with Crippen LogP contribution in [-0.2, 0) is 20.8 Å². The largest absolute Gasteiger partial charge is 0.547 e. The maximum atomic E-state index is 14.8. The Labute approximate surface area is 232 Å². The van der Waals surface area contributed by atoms with E-state index in [1.807, 2.05) is 0 Å². The molecule has 3 heterocycles. The van der Waals surface area contributed by atoms with E-state index in [9.17, 15) is 43.6 Å². The molecule has 2 aliphatic rings. The molecule has 1 aromatic heterocycles. The molecular weight excluding hydrogens is 546 g/mol. The molecule has 1 aromatic carbocycles. The Morgan fingerprint density at radius 2 is 2.02 bits per heavy atom. The van der Waals surface area contributed by atoms with Crippen molar-refractivity contribution >= 4 is 36.8 Å². The van der Waals surface area contributed by atoms with Gasteiger partial charge < -0.3 is 41.2 Å². The molecule has 4 rings (SSSR count). The van der Waals surface area contributed by atoms with Crippen molar-refractivity contribution in [3.63, 3.8) is 0 Å². The number of halogens is 1. The van der Waals surface area contributed by atoms with Gasteiger partial charge in [-0.15, -0.1) is 0 Å². The highest BCUT2D eigenvalue weighted by Gasteiger charge is 2.43. The lowest BCUT2D eigenvalue weighted by atomic mass is 9.72. The number of nitrogens with zero attached hydrogens (tertiary/aromatic N) is 3. The highest BCUT2D eigenvalue weighted by atomic mass is 19.1. The van der Waals surface area contributed by atoms with Crippen LogP contribution in [0.4, 0.5) is 9.18 Å². The zero-order chi connectivity index (χ0) is 30.0. The van der Waals surface area contributed by atoms with E-state index in [0.29, 0.717) is 16.5 Å². The highest BCUT2D eigenvalue weighted by molar-refractivity contribution is 6.47. The van der Waals surface area contributed by atoms with Crippen molar-refractivity contribution in [1.29, 1.82) is 0 Å². The van der Waals surface area contributed by atoms with E-state index in [1.54, 1.807) is 0 Å². The molecule has 17 heteroatoms. The Balaban J connectivity index is 1.59. The van der Waals surface area contributed by atoms with Crippen molar-refractivity contribution in [2.24, 2.45) is 5.73 Å². The van der Waals surface area contributed by atoms with Crippen LogP contribution in [0.2, 0.25) is 0 Å². The van der Waals surface area contributed by atoms with Gasteiger partial charge in [0.2, 0.25) is 5.91 Å². The van der Waals surface area contributed by atoms with Crippen LogP contribution in [0.15, 0.2) is 30.5 Å². The van der Waals surface area contributed by atoms with Crippen molar-refractivity contribution in [2.75, 3.05) is 19.6 Å². The van der Waals surface area contributed by atoms with Crippen LogP contribution in [0, 0.1) is 5.82 Å². The first-order valence-electron chi connectivity index (χ1n) is 12.4. The second-order valence-corrected chi connectivity index (χ2v) is 9.43. The molecule has 2 aromatic rings. The molecule has 216 valence electrons. The fourth-order valence-corrected chi connectivity index (χ4v) is 4.65. The number of aromatic nitrogens is 1. The zero-order valence-electron chi connectivity index (χ0n) is 21.6.